The molecule has 0 unspecified atom stereocenters. The summed E-state index contributed by atoms with van der Waals surface area (Å²) < 4.78 is 2.40. The zero-order valence-corrected chi connectivity index (χ0v) is 13.3. The predicted octanol–water partition coefficient (Wildman–Crippen LogP) is 4.42. The molecular weight excluding hydrogens is 356 g/mol. The molecule has 0 bridgehead atoms. The first-order valence-corrected chi connectivity index (χ1v) is 7.32. The van der Waals surface area contributed by atoms with Gasteiger partial charge >= 0.3 is 5.97 Å². The molecule has 3 aromatic rings. The second-order valence-corrected chi connectivity index (χ2v) is 5.94. The fourth-order valence-corrected chi connectivity index (χ4v) is 2.62. The Labute approximate surface area is 134 Å². The first-order valence-electron chi connectivity index (χ1n) is 6.15. The first kappa shape index (κ1) is 14.1. The van der Waals surface area contributed by atoms with Crippen LogP contribution in [0.2, 0.25) is 5.02 Å². The average molecular weight is 366 g/mol. The summed E-state index contributed by atoms with van der Waals surface area (Å²) in [4.78, 5) is 16.1. The van der Waals surface area contributed by atoms with Crippen molar-refractivity contribution in [3.8, 4) is 11.3 Å². The third-order valence-corrected chi connectivity index (χ3v) is 4.31. The molecule has 0 saturated carbocycles. The number of hydrogen-bond acceptors (Lipinski definition) is 2. The Morgan fingerprint density at radius 1 is 1.33 bits per heavy atom. The van der Waals surface area contributed by atoms with Crippen LogP contribution in [0, 0.1) is 6.92 Å². The largest absolute Gasteiger partial charge is 0.476 e. The van der Waals surface area contributed by atoms with Crippen LogP contribution in [-0.2, 0) is 0 Å². The molecule has 0 aliphatic rings. The Hall–Kier alpha value is -1.85. The molecule has 0 aliphatic heterocycles. The van der Waals surface area contributed by atoms with Gasteiger partial charge in [0, 0.05) is 21.3 Å². The van der Waals surface area contributed by atoms with E-state index >= 15 is 0 Å². The molecule has 6 heteroatoms. The van der Waals surface area contributed by atoms with Gasteiger partial charge < -0.3 is 5.11 Å². The van der Waals surface area contributed by atoms with E-state index < -0.39 is 5.97 Å². The number of aryl methyl sites for hydroxylation is 1. The molecule has 0 aliphatic carbocycles. The van der Waals surface area contributed by atoms with Gasteiger partial charge in [0.2, 0.25) is 0 Å². The van der Waals surface area contributed by atoms with E-state index in [1.165, 1.54) is 0 Å². The zero-order valence-electron chi connectivity index (χ0n) is 11.0. The zero-order chi connectivity index (χ0) is 15.1. The molecule has 2 aromatic heterocycles. The summed E-state index contributed by atoms with van der Waals surface area (Å²) in [6, 6.07) is 8.80. The van der Waals surface area contributed by atoms with Gasteiger partial charge in [-0.15, -0.1) is 0 Å². The summed E-state index contributed by atoms with van der Waals surface area (Å²) >= 11 is 9.29. The van der Waals surface area contributed by atoms with E-state index in [1.54, 1.807) is 34.9 Å². The van der Waals surface area contributed by atoms with Crippen molar-refractivity contribution in [2.75, 3.05) is 0 Å². The highest BCUT2D eigenvalue weighted by Crippen LogP contribution is 2.28. The van der Waals surface area contributed by atoms with E-state index in [1.807, 2.05) is 13.0 Å². The van der Waals surface area contributed by atoms with Crippen molar-refractivity contribution in [1.82, 2.24) is 9.38 Å². The van der Waals surface area contributed by atoms with E-state index in [-0.39, 0.29) is 5.69 Å². The average Bonchev–Trinajstić information content (AvgIpc) is 2.78. The lowest BCUT2D eigenvalue weighted by Crippen LogP contribution is -2.03. The lowest BCUT2D eigenvalue weighted by Gasteiger charge is -2.02. The van der Waals surface area contributed by atoms with Crippen molar-refractivity contribution in [2.45, 2.75) is 6.92 Å². The SMILES string of the molecule is Cc1cc2nc(-c3ccc(Cl)cc3)c(C(=O)O)n2cc1Br. The van der Waals surface area contributed by atoms with E-state index in [0.29, 0.717) is 21.9 Å². The second kappa shape index (κ2) is 5.16. The van der Waals surface area contributed by atoms with Gasteiger partial charge in [0.1, 0.15) is 11.3 Å². The molecule has 0 fully saturated rings. The van der Waals surface area contributed by atoms with E-state index in [2.05, 4.69) is 20.9 Å². The Bertz CT molecular complexity index is 856. The van der Waals surface area contributed by atoms with Crippen molar-refractivity contribution in [3.05, 3.63) is 57.3 Å². The Kier molecular flexibility index (Phi) is 3.47. The molecule has 106 valence electrons. The van der Waals surface area contributed by atoms with Crippen LogP contribution < -0.4 is 0 Å². The number of fused-ring (bicyclic) bond motifs is 1. The Morgan fingerprint density at radius 2 is 2.00 bits per heavy atom. The number of halogens is 2. The molecule has 1 N–H and O–H groups in total. The monoisotopic (exact) mass is 364 g/mol. The van der Waals surface area contributed by atoms with Crippen LogP contribution in [0.1, 0.15) is 16.1 Å². The molecule has 1 aromatic carbocycles. The van der Waals surface area contributed by atoms with Crippen molar-refractivity contribution in [1.29, 1.82) is 0 Å². The molecule has 3 rings (SSSR count). The van der Waals surface area contributed by atoms with Crippen LogP contribution in [0.3, 0.4) is 0 Å². The molecule has 0 spiro atoms. The van der Waals surface area contributed by atoms with Gasteiger partial charge in [-0.2, -0.15) is 0 Å². The number of benzene rings is 1. The summed E-state index contributed by atoms with van der Waals surface area (Å²) in [6.07, 6.45) is 1.72. The van der Waals surface area contributed by atoms with E-state index in [4.69, 9.17) is 11.6 Å². The lowest BCUT2D eigenvalue weighted by atomic mass is 10.1. The minimum absolute atomic E-state index is 0.132. The smallest absolute Gasteiger partial charge is 0.355 e. The predicted molar refractivity (Wildman–Crippen MR) is 85.0 cm³/mol. The van der Waals surface area contributed by atoms with Crippen LogP contribution in [-0.4, -0.2) is 20.5 Å². The second-order valence-electron chi connectivity index (χ2n) is 4.65. The number of carboxylic acids is 1. The summed E-state index contributed by atoms with van der Waals surface area (Å²) in [6.45, 7) is 1.93. The number of aromatic carboxylic acids is 1. The summed E-state index contributed by atoms with van der Waals surface area (Å²) in [5.74, 6) is -1.02. The highest BCUT2D eigenvalue weighted by molar-refractivity contribution is 9.10. The molecule has 0 atom stereocenters. The normalized spacial score (nSPS) is 11.0. The van der Waals surface area contributed by atoms with Gasteiger partial charge in [-0.1, -0.05) is 23.7 Å². The van der Waals surface area contributed by atoms with Gasteiger partial charge in [-0.05, 0) is 46.6 Å². The van der Waals surface area contributed by atoms with Crippen molar-refractivity contribution in [3.63, 3.8) is 0 Å². The van der Waals surface area contributed by atoms with Gasteiger partial charge in [0.25, 0.3) is 0 Å². The molecule has 0 saturated heterocycles. The number of carbonyl (C=O) groups is 1. The fourth-order valence-electron chi connectivity index (χ4n) is 2.17. The quantitative estimate of drug-likeness (QED) is 0.731. The van der Waals surface area contributed by atoms with Crippen LogP contribution in [0.25, 0.3) is 16.9 Å². The lowest BCUT2D eigenvalue weighted by molar-refractivity contribution is 0.0690. The minimum atomic E-state index is -1.02. The first-order chi connectivity index (χ1) is 9.97. The third-order valence-electron chi connectivity index (χ3n) is 3.22. The maximum absolute atomic E-state index is 11.6. The van der Waals surface area contributed by atoms with Gasteiger partial charge in [-0.3, -0.25) is 4.40 Å². The standard InChI is InChI=1S/C15H10BrClN2O2/c1-8-6-12-18-13(9-2-4-10(17)5-3-9)14(15(20)21)19(12)7-11(8)16/h2-7H,1H3,(H,20,21). The maximum Gasteiger partial charge on any atom is 0.355 e. The van der Waals surface area contributed by atoms with Crippen molar-refractivity contribution in [2.24, 2.45) is 0 Å². The summed E-state index contributed by atoms with van der Waals surface area (Å²) in [5.41, 5.74) is 2.86. The van der Waals surface area contributed by atoms with Crippen LogP contribution in [0.4, 0.5) is 0 Å². The van der Waals surface area contributed by atoms with E-state index in [0.717, 1.165) is 10.0 Å². The van der Waals surface area contributed by atoms with E-state index in [9.17, 15) is 9.90 Å². The molecule has 0 radical (unpaired) electrons. The molecule has 21 heavy (non-hydrogen) atoms. The van der Waals surface area contributed by atoms with Crippen LogP contribution >= 0.6 is 27.5 Å². The van der Waals surface area contributed by atoms with Gasteiger partial charge in [0.05, 0.1) is 0 Å². The Balaban J connectivity index is 2.34. The minimum Gasteiger partial charge on any atom is -0.476 e. The molecule has 2 heterocycles. The molecule has 0 amide bonds. The number of pyridine rings is 1. The van der Waals surface area contributed by atoms with Crippen LogP contribution in [0.15, 0.2) is 41.0 Å². The Morgan fingerprint density at radius 3 is 2.62 bits per heavy atom. The highest BCUT2D eigenvalue weighted by Gasteiger charge is 2.20. The number of rotatable bonds is 2. The van der Waals surface area contributed by atoms with Crippen LogP contribution in [0.5, 0.6) is 0 Å². The highest BCUT2D eigenvalue weighted by atomic mass is 79.9. The van der Waals surface area contributed by atoms with Gasteiger partial charge in [0.15, 0.2) is 5.69 Å². The fraction of sp³-hybridized carbons (Fsp3) is 0.0667. The number of hydrogen-bond donors (Lipinski definition) is 1. The topological polar surface area (TPSA) is 54.6 Å². The summed E-state index contributed by atoms with van der Waals surface area (Å²) in [5, 5.41) is 10.1. The number of imidazole rings is 1. The molecular formula is C15H10BrClN2O2. The number of carboxylic acid groups (broad SMARTS) is 1. The molecule has 4 nitrogen and oxygen atoms in total. The van der Waals surface area contributed by atoms with Crippen molar-refractivity contribution >= 4 is 39.1 Å². The van der Waals surface area contributed by atoms with Gasteiger partial charge in [-0.25, -0.2) is 9.78 Å². The number of aromatic nitrogens is 2. The number of nitrogens with zero attached hydrogens (tertiary/aromatic N) is 2. The van der Waals surface area contributed by atoms with Crippen molar-refractivity contribution < 1.29 is 9.90 Å². The summed E-state index contributed by atoms with van der Waals surface area (Å²) in [7, 11) is 0. The maximum atomic E-state index is 11.6. The third kappa shape index (κ3) is 2.43.